The maximum absolute atomic E-state index is 13.1. The Morgan fingerprint density at radius 2 is 1.89 bits per heavy atom. The summed E-state index contributed by atoms with van der Waals surface area (Å²) in [5, 5.41) is 12.2. The van der Waals surface area contributed by atoms with Gasteiger partial charge in [0.25, 0.3) is 0 Å². The normalized spacial score (nSPS) is 10.2. The lowest BCUT2D eigenvalue weighted by Gasteiger charge is -2.07. The number of carbonyl (C=O) groups is 1. The number of rotatable bonds is 4. The Bertz CT molecular complexity index is 579. The largest absolute Gasteiger partial charge is 0.478 e. The number of hydrogen-bond acceptors (Lipinski definition) is 2. The highest BCUT2D eigenvalue weighted by Gasteiger charge is 2.02. The van der Waals surface area contributed by atoms with Crippen molar-refractivity contribution in [3.8, 4) is 0 Å². The van der Waals surface area contributed by atoms with Gasteiger partial charge in [-0.25, -0.2) is 9.18 Å². The topological polar surface area (TPSA) is 49.3 Å². The summed E-state index contributed by atoms with van der Waals surface area (Å²) in [4.78, 5) is 10.7. The summed E-state index contributed by atoms with van der Waals surface area (Å²) in [7, 11) is 0. The highest BCUT2D eigenvalue weighted by molar-refractivity contribution is 6.30. The van der Waals surface area contributed by atoms with E-state index in [-0.39, 0.29) is 11.4 Å². The molecule has 0 amide bonds. The van der Waals surface area contributed by atoms with Crippen molar-refractivity contribution in [3.63, 3.8) is 0 Å². The molecule has 3 nitrogen and oxygen atoms in total. The van der Waals surface area contributed by atoms with Gasteiger partial charge < -0.3 is 10.4 Å². The minimum Gasteiger partial charge on any atom is -0.478 e. The molecule has 0 aliphatic carbocycles. The van der Waals surface area contributed by atoms with E-state index in [2.05, 4.69) is 5.32 Å². The van der Waals surface area contributed by atoms with Crippen LogP contribution in [-0.4, -0.2) is 11.1 Å². The lowest BCUT2D eigenvalue weighted by Crippen LogP contribution is -2.01. The van der Waals surface area contributed by atoms with Gasteiger partial charge in [0, 0.05) is 17.3 Å². The van der Waals surface area contributed by atoms with Crippen molar-refractivity contribution in [1.29, 1.82) is 0 Å². The first kappa shape index (κ1) is 13.4. The maximum atomic E-state index is 13.1. The molecule has 0 saturated carbocycles. The standard InChI is InChI=1S/C14H11ClFNO2/c15-11-5-9(6-12(16)7-11)8-17-13-3-1-10(2-4-13)14(18)19/h1-7,17H,8H2,(H,18,19). The molecule has 0 fully saturated rings. The van der Waals surface area contributed by atoms with Crippen molar-refractivity contribution >= 4 is 23.3 Å². The van der Waals surface area contributed by atoms with Gasteiger partial charge in [0.2, 0.25) is 0 Å². The van der Waals surface area contributed by atoms with Gasteiger partial charge in [-0.1, -0.05) is 11.6 Å². The van der Waals surface area contributed by atoms with Crippen LogP contribution >= 0.6 is 11.6 Å². The first-order valence-electron chi connectivity index (χ1n) is 5.57. The molecule has 98 valence electrons. The average Bonchev–Trinajstić information content (AvgIpc) is 2.36. The minimum atomic E-state index is -0.969. The van der Waals surface area contributed by atoms with Crippen LogP contribution in [0.4, 0.5) is 10.1 Å². The molecule has 0 heterocycles. The smallest absolute Gasteiger partial charge is 0.335 e. The summed E-state index contributed by atoms with van der Waals surface area (Å²) in [6, 6.07) is 10.6. The second kappa shape index (κ2) is 5.71. The van der Waals surface area contributed by atoms with Gasteiger partial charge in [-0.3, -0.25) is 0 Å². The van der Waals surface area contributed by atoms with E-state index in [9.17, 15) is 9.18 Å². The molecule has 0 spiro atoms. The predicted octanol–water partition coefficient (Wildman–Crippen LogP) is 3.79. The van der Waals surface area contributed by atoms with Crippen molar-refractivity contribution in [1.82, 2.24) is 0 Å². The SMILES string of the molecule is O=C(O)c1ccc(NCc2cc(F)cc(Cl)c2)cc1. The van der Waals surface area contributed by atoms with Gasteiger partial charge in [0.05, 0.1) is 5.56 Å². The molecule has 19 heavy (non-hydrogen) atoms. The summed E-state index contributed by atoms with van der Waals surface area (Å²) in [5.74, 6) is -1.35. The molecular weight excluding hydrogens is 269 g/mol. The Morgan fingerprint density at radius 3 is 2.47 bits per heavy atom. The van der Waals surface area contributed by atoms with Crippen LogP contribution in [-0.2, 0) is 6.54 Å². The maximum Gasteiger partial charge on any atom is 0.335 e. The first-order valence-corrected chi connectivity index (χ1v) is 5.94. The van der Waals surface area contributed by atoms with Crippen LogP contribution in [0.2, 0.25) is 5.02 Å². The zero-order valence-corrected chi connectivity index (χ0v) is 10.6. The van der Waals surface area contributed by atoms with Crippen molar-refractivity contribution in [3.05, 3.63) is 64.4 Å². The summed E-state index contributed by atoms with van der Waals surface area (Å²) in [6.07, 6.45) is 0. The molecule has 2 rings (SSSR count). The number of halogens is 2. The lowest BCUT2D eigenvalue weighted by molar-refractivity contribution is 0.0697. The van der Waals surface area contributed by atoms with E-state index in [1.807, 2.05) is 0 Å². The molecule has 2 aromatic rings. The summed E-state index contributed by atoms with van der Waals surface area (Å²) in [5.41, 5.74) is 1.69. The first-order chi connectivity index (χ1) is 9.04. The number of hydrogen-bond donors (Lipinski definition) is 2. The Morgan fingerprint density at radius 1 is 1.21 bits per heavy atom. The molecule has 5 heteroatoms. The second-order valence-corrected chi connectivity index (χ2v) is 4.45. The van der Waals surface area contributed by atoms with Crippen LogP contribution in [0.25, 0.3) is 0 Å². The van der Waals surface area contributed by atoms with E-state index in [0.717, 1.165) is 5.69 Å². The molecule has 0 bridgehead atoms. The Balaban J connectivity index is 2.03. The minimum absolute atomic E-state index is 0.222. The van der Waals surface area contributed by atoms with Gasteiger partial charge in [-0.05, 0) is 48.0 Å². The fourth-order valence-electron chi connectivity index (χ4n) is 1.65. The Hall–Kier alpha value is -2.07. The quantitative estimate of drug-likeness (QED) is 0.895. The Labute approximate surface area is 114 Å². The fourth-order valence-corrected chi connectivity index (χ4v) is 1.89. The van der Waals surface area contributed by atoms with E-state index < -0.39 is 5.97 Å². The van der Waals surface area contributed by atoms with Crippen LogP contribution in [0.15, 0.2) is 42.5 Å². The van der Waals surface area contributed by atoms with Crippen molar-refractivity contribution in [2.75, 3.05) is 5.32 Å². The second-order valence-electron chi connectivity index (χ2n) is 4.01. The van der Waals surface area contributed by atoms with Crippen molar-refractivity contribution in [2.24, 2.45) is 0 Å². The molecule has 0 aliphatic heterocycles. The number of carboxylic acid groups (broad SMARTS) is 1. The van der Waals surface area contributed by atoms with E-state index >= 15 is 0 Å². The third-order valence-corrected chi connectivity index (χ3v) is 2.77. The van der Waals surface area contributed by atoms with Crippen LogP contribution in [0.1, 0.15) is 15.9 Å². The summed E-state index contributed by atoms with van der Waals surface area (Å²) < 4.78 is 13.1. The van der Waals surface area contributed by atoms with Gasteiger partial charge in [-0.2, -0.15) is 0 Å². The molecular formula is C14H11ClFNO2. The summed E-state index contributed by atoms with van der Waals surface area (Å²) in [6.45, 7) is 0.407. The monoisotopic (exact) mass is 279 g/mol. The zero-order valence-electron chi connectivity index (χ0n) is 9.86. The van der Waals surface area contributed by atoms with Crippen LogP contribution in [0, 0.1) is 5.82 Å². The van der Waals surface area contributed by atoms with Crippen LogP contribution in [0.3, 0.4) is 0 Å². The zero-order chi connectivity index (χ0) is 13.8. The molecule has 2 aromatic carbocycles. The van der Waals surface area contributed by atoms with Gasteiger partial charge in [0.1, 0.15) is 5.82 Å². The third-order valence-electron chi connectivity index (χ3n) is 2.55. The van der Waals surface area contributed by atoms with E-state index in [0.29, 0.717) is 17.1 Å². The van der Waals surface area contributed by atoms with Gasteiger partial charge in [-0.15, -0.1) is 0 Å². The number of nitrogens with one attached hydrogen (secondary N) is 1. The molecule has 0 unspecified atom stereocenters. The van der Waals surface area contributed by atoms with E-state index in [4.69, 9.17) is 16.7 Å². The van der Waals surface area contributed by atoms with Gasteiger partial charge in [0.15, 0.2) is 0 Å². The number of carboxylic acids is 1. The number of benzene rings is 2. The van der Waals surface area contributed by atoms with Gasteiger partial charge >= 0.3 is 5.97 Å². The summed E-state index contributed by atoms with van der Waals surface area (Å²) >= 11 is 5.75. The number of aromatic carboxylic acids is 1. The fraction of sp³-hybridized carbons (Fsp3) is 0.0714. The Kier molecular flexibility index (Phi) is 4.02. The van der Waals surface area contributed by atoms with E-state index in [1.165, 1.54) is 24.3 Å². The van der Waals surface area contributed by atoms with Crippen LogP contribution < -0.4 is 5.32 Å². The van der Waals surface area contributed by atoms with Crippen molar-refractivity contribution < 1.29 is 14.3 Å². The van der Waals surface area contributed by atoms with Crippen LogP contribution in [0.5, 0.6) is 0 Å². The molecule has 0 aromatic heterocycles. The molecule has 2 N–H and O–H groups in total. The highest BCUT2D eigenvalue weighted by atomic mass is 35.5. The third kappa shape index (κ3) is 3.69. The highest BCUT2D eigenvalue weighted by Crippen LogP contribution is 2.16. The van der Waals surface area contributed by atoms with E-state index in [1.54, 1.807) is 18.2 Å². The van der Waals surface area contributed by atoms with Crippen molar-refractivity contribution in [2.45, 2.75) is 6.54 Å². The number of anilines is 1. The lowest BCUT2D eigenvalue weighted by atomic mass is 10.2. The molecule has 0 radical (unpaired) electrons. The molecule has 0 aliphatic rings. The molecule has 0 atom stereocenters. The predicted molar refractivity (Wildman–Crippen MR) is 72.1 cm³/mol. The molecule has 0 saturated heterocycles. The average molecular weight is 280 g/mol.